The number of hydrogen-bond donors (Lipinski definition) is 0. The summed E-state index contributed by atoms with van der Waals surface area (Å²) in [5.74, 6) is 0.705. The average molecular weight is 401 g/mol. The lowest BCUT2D eigenvalue weighted by atomic mass is 10.2. The molecule has 3 heterocycles. The van der Waals surface area contributed by atoms with Crippen LogP contribution in [0.4, 0.5) is 10.1 Å². The predicted octanol–water partition coefficient (Wildman–Crippen LogP) is 2.76. The number of halogens is 2. The van der Waals surface area contributed by atoms with Gasteiger partial charge in [-0.15, -0.1) is 10.2 Å². The van der Waals surface area contributed by atoms with Crippen molar-refractivity contribution in [2.75, 3.05) is 31.1 Å². The lowest BCUT2D eigenvalue weighted by Gasteiger charge is -2.36. The van der Waals surface area contributed by atoms with Crippen LogP contribution < -0.4 is 4.90 Å². The van der Waals surface area contributed by atoms with Crippen molar-refractivity contribution in [3.8, 4) is 0 Å². The maximum atomic E-state index is 13.4. The lowest BCUT2D eigenvalue weighted by Crippen LogP contribution is -2.49. The highest BCUT2D eigenvalue weighted by Gasteiger charge is 2.30. The molecule has 3 aromatic rings. The van der Waals surface area contributed by atoms with Gasteiger partial charge in [-0.3, -0.25) is 4.79 Å². The van der Waals surface area contributed by atoms with Crippen molar-refractivity contribution in [2.45, 2.75) is 18.8 Å². The Hall–Kier alpha value is -2.74. The Morgan fingerprint density at radius 3 is 2.57 bits per heavy atom. The molecule has 7 nitrogen and oxygen atoms in total. The third-order valence-corrected chi connectivity index (χ3v) is 5.57. The van der Waals surface area contributed by atoms with Crippen LogP contribution in [0.2, 0.25) is 5.02 Å². The van der Waals surface area contributed by atoms with Gasteiger partial charge in [0.1, 0.15) is 11.5 Å². The van der Waals surface area contributed by atoms with Gasteiger partial charge in [0, 0.05) is 37.8 Å². The van der Waals surface area contributed by atoms with Gasteiger partial charge >= 0.3 is 0 Å². The van der Waals surface area contributed by atoms with Gasteiger partial charge in [0.15, 0.2) is 11.5 Å². The fourth-order valence-corrected chi connectivity index (χ4v) is 3.70. The van der Waals surface area contributed by atoms with Crippen LogP contribution >= 0.6 is 11.6 Å². The molecule has 1 amide bonds. The molecule has 1 aliphatic heterocycles. The van der Waals surface area contributed by atoms with E-state index >= 15 is 0 Å². The van der Waals surface area contributed by atoms with Gasteiger partial charge in [0.2, 0.25) is 0 Å². The first-order valence-electron chi connectivity index (χ1n) is 9.32. The fourth-order valence-electron chi connectivity index (χ4n) is 3.53. The van der Waals surface area contributed by atoms with Crippen LogP contribution in [-0.4, -0.2) is 56.8 Å². The summed E-state index contributed by atoms with van der Waals surface area (Å²) in [6.07, 6.45) is 2.19. The van der Waals surface area contributed by atoms with E-state index in [0.29, 0.717) is 43.4 Å². The molecular formula is C19H18ClFN6O. The van der Waals surface area contributed by atoms with E-state index in [1.807, 2.05) is 0 Å². The summed E-state index contributed by atoms with van der Waals surface area (Å²) in [5, 5.41) is 12.9. The monoisotopic (exact) mass is 400 g/mol. The quantitative estimate of drug-likeness (QED) is 0.676. The van der Waals surface area contributed by atoms with E-state index in [1.165, 1.54) is 6.07 Å². The highest BCUT2D eigenvalue weighted by atomic mass is 35.5. The number of hydrogen-bond acceptors (Lipinski definition) is 5. The van der Waals surface area contributed by atoms with Gasteiger partial charge in [-0.05, 0) is 43.2 Å². The molecule has 0 spiro atoms. The van der Waals surface area contributed by atoms with E-state index in [-0.39, 0.29) is 10.9 Å². The molecule has 0 N–H and O–H groups in total. The van der Waals surface area contributed by atoms with Crippen LogP contribution in [0.15, 0.2) is 30.3 Å². The van der Waals surface area contributed by atoms with Gasteiger partial charge in [-0.2, -0.15) is 9.61 Å². The van der Waals surface area contributed by atoms with Crippen LogP contribution in [0.3, 0.4) is 0 Å². The summed E-state index contributed by atoms with van der Waals surface area (Å²) in [4.78, 5) is 16.8. The number of anilines is 1. The molecule has 1 aromatic carbocycles. The fraction of sp³-hybridized carbons (Fsp3) is 0.368. The first kappa shape index (κ1) is 17.4. The second-order valence-corrected chi connectivity index (χ2v) is 7.61. The Balaban J connectivity index is 1.31. The number of carbonyl (C=O) groups is 1. The summed E-state index contributed by atoms with van der Waals surface area (Å²) >= 11 is 5.88. The van der Waals surface area contributed by atoms with Crippen LogP contribution in [0, 0.1) is 5.82 Å². The van der Waals surface area contributed by atoms with Crippen LogP contribution in [0.25, 0.3) is 5.65 Å². The van der Waals surface area contributed by atoms with E-state index in [4.69, 9.17) is 11.6 Å². The number of fused-ring (bicyclic) bond motifs is 1. The van der Waals surface area contributed by atoms with Crippen LogP contribution in [0.1, 0.15) is 35.1 Å². The standard InChI is InChI=1S/C19H18ClFN6O/c20-14-11-13(3-4-15(14)21)25-7-9-26(10-8-25)19(28)16-5-6-17-22-23-18(12-1-2-12)27(17)24-16/h3-6,11-12H,1-2,7-10H2. The lowest BCUT2D eigenvalue weighted by molar-refractivity contribution is 0.0739. The van der Waals surface area contributed by atoms with Crippen molar-refractivity contribution in [1.82, 2.24) is 24.7 Å². The van der Waals surface area contributed by atoms with Crippen molar-refractivity contribution in [2.24, 2.45) is 0 Å². The molecule has 2 aromatic heterocycles. The predicted molar refractivity (Wildman–Crippen MR) is 102 cm³/mol. The Morgan fingerprint density at radius 2 is 1.86 bits per heavy atom. The van der Waals surface area contributed by atoms with E-state index < -0.39 is 5.82 Å². The zero-order valence-electron chi connectivity index (χ0n) is 15.1. The molecule has 2 aliphatic rings. The van der Waals surface area contributed by atoms with Gasteiger partial charge in [-0.1, -0.05) is 11.6 Å². The number of nitrogens with zero attached hydrogens (tertiary/aromatic N) is 6. The van der Waals surface area contributed by atoms with Crippen molar-refractivity contribution in [3.05, 3.63) is 52.7 Å². The molecule has 0 atom stereocenters. The molecule has 2 fully saturated rings. The first-order valence-corrected chi connectivity index (χ1v) is 9.69. The second-order valence-electron chi connectivity index (χ2n) is 7.20. The molecule has 0 radical (unpaired) electrons. The summed E-state index contributed by atoms with van der Waals surface area (Å²) < 4.78 is 15.1. The maximum Gasteiger partial charge on any atom is 0.274 e. The number of carbonyl (C=O) groups excluding carboxylic acids is 1. The van der Waals surface area contributed by atoms with E-state index in [2.05, 4.69) is 20.2 Å². The molecule has 0 unspecified atom stereocenters. The maximum absolute atomic E-state index is 13.4. The molecule has 1 saturated carbocycles. The van der Waals surface area contributed by atoms with E-state index in [9.17, 15) is 9.18 Å². The first-order chi connectivity index (χ1) is 13.6. The van der Waals surface area contributed by atoms with Crippen molar-refractivity contribution < 1.29 is 9.18 Å². The smallest absolute Gasteiger partial charge is 0.274 e. The Bertz CT molecular complexity index is 1060. The molecule has 28 heavy (non-hydrogen) atoms. The molecule has 9 heteroatoms. The van der Waals surface area contributed by atoms with Crippen LogP contribution in [-0.2, 0) is 0 Å². The van der Waals surface area contributed by atoms with E-state index in [0.717, 1.165) is 24.4 Å². The van der Waals surface area contributed by atoms with Gasteiger partial charge in [0.25, 0.3) is 5.91 Å². The van der Waals surface area contributed by atoms with Crippen molar-refractivity contribution >= 4 is 28.8 Å². The topological polar surface area (TPSA) is 66.6 Å². The third kappa shape index (κ3) is 3.07. The molecule has 144 valence electrons. The molecular weight excluding hydrogens is 383 g/mol. The van der Waals surface area contributed by atoms with Crippen molar-refractivity contribution in [1.29, 1.82) is 0 Å². The van der Waals surface area contributed by atoms with Gasteiger partial charge in [0.05, 0.1) is 5.02 Å². The average Bonchev–Trinajstić information content (AvgIpc) is 3.48. The SMILES string of the molecule is O=C(c1ccc2nnc(C3CC3)n2n1)N1CCN(c2ccc(F)c(Cl)c2)CC1. The minimum Gasteiger partial charge on any atom is -0.368 e. The number of rotatable bonds is 3. The summed E-state index contributed by atoms with van der Waals surface area (Å²) in [7, 11) is 0. The molecule has 1 saturated heterocycles. The summed E-state index contributed by atoms with van der Waals surface area (Å²) in [6.45, 7) is 2.42. The Labute approximate surface area is 165 Å². The van der Waals surface area contributed by atoms with Crippen LogP contribution in [0.5, 0.6) is 0 Å². The highest BCUT2D eigenvalue weighted by molar-refractivity contribution is 6.31. The number of benzene rings is 1. The van der Waals surface area contributed by atoms with Gasteiger partial charge in [-0.25, -0.2) is 4.39 Å². The Morgan fingerprint density at radius 1 is 1.07 bits per heavy atom. The minimum absolute atomic E-state index is 0.103. The van der Waals surface area contributed by atoms with E-state index in [1.54, 1.807) is 33.7 Å². The number of aromatic nitrogens is 4. The second kappa shape index (κ2) is 6.70. The Kier molecular flexibility index (Phi) is 4.16. The zero-order chi connectivity index (χ0) is 19.3. The molecule has 0 bridgehead atoms. The molecule has 1 aliphatic carbocycles. The normalized spacial score (nSPS) is 17.4. The number of piperazine rings is 1. The summed E-state index contributed by atoms with van der Waals surface area (Å²) in [6, 6.07) is 8.19. The van der Waals surface area contributed by atoms with Gasteiger partial charge < -0.3 is 9.80 Å². The summed E-state index contributed by atoms with van der Waals surface area (Å²) in [5.41, 5.74) is 1.92. The molecule has 5 rings (SSSR count). The third-order valence-electron chi connectivity index (χ3n) is 5.28. The number of amides is 1. The minimum atomic E-state index is -0.430. The largest absolute Gasteiger partial charge is 0.368 e. The van der Waals surface area contributed by atoms with Crippen molar-refractivity contribution in [3.63, 3.8) is 0 Å². The zero-order valence-corrected chi connectivity index (χ0v) is 15.8. The highest BCUT2D eigenvalue weighted by Crippen LogP contribution is 2.38.